The Bertz CT molecular complexity index is 799. The molecule has 3 heterocycles. The van der Waals surface area contributed by atoms with Crippen molar-refractivity contribution < 1.29 is 4.63 Å². The zero-order valence-electron chi connectivity index (χ0n) is 11.2. The quantitative estimate of drug-likeness (QED) is 0.682. The Labute approximate surface area is 116 Å². The van der Waals surface area contributed by atoms with Crippen molar-refractivity contribution in [3.63, 3.8) is 0 Å². The average Bonchev–Trinajstić information content (AvgIpc) is 2.87. The standard InChI is InChI=1S/C13H12BN5O/c1-6-9(5-8-3-4-10(14)7(2)16-8)11(15)12-13(17-6)19-20-18-12/h3-4H,5,15H2,1-2H3. The molecule has 0 aliphatic carbocycles. The van der Waals surface area contributed by atoms with E-state index in [2.05, 4.69) is 24.9 Å². The van der Waals surface area contributed by atoms with Gasteiger partial charge < -0.3 is 5.73 Å². The lowest BCUT2D eigenvalue weighted by atomic mass is 9.94. The predicted molar refractivity (Wildman–Crippen MR) is 75.9 cm³/mol. The van der Waals surface area contributed by atoms with E-state index < -0.39 is 0 Å². The third-order valence-electron chi connectivity index (χ3n) is 3.30. The molecule has 0 aromatic carbocycles. The van der Waals surface area contributed by atoms with Crippen molar-refractivity contribution >= 4 is 30.2 Å². The Morgan fingerprint density at radius 2 is 1.95 bits per heavy atom. The summed E-state index contributed by atoms with van der Waals surface area (Å²) in [5.41, 5.74) is 11.6. The Morgan fingerprint density at radius 3 is 2.70 bits per heavy atom. The maximum atomic E-state index is 6.13. The molecule has 7 heteroatoms. The SMILES string of the molecule is [B]c1ccc(Cc2c(C)nc3nonc3c2N)nc1C. The zero-order chi connectivity index (χ0) is 14.3. The molecule has 0 amide bonds. The van der Waals surface area contributed by atoms with Crippen LogP contribution < -0.4 is 11.2 Å². The van der Waals surface area contributed by atoms with Crippen LogP contribution in [0.2, 0.25) is 0 Å². The number of aryl methyl sites for hydroxylation is 2. The largest absolute Gasteiger partial charge is 0.396 e. The van der Waals surface area contributed by atoms with Gasteiger partial charge in [-0.05, 0) is 30.2 Å². The monoisotopic (exact) mass is 265 g/mol. The molecular formula is C13H12BN5O. The van der Waals surface area contributed by atoms with Crippen LogP contribution in [0.1, 0.15) is 22.6 Å². The number of pyridine rings is 2. The lowest BCUT2D eigenvalue weighted by molar-refractivity contribution is 0.315. The number of nitrogens with two attached hydrogens (primary N) is 1. The van der Waals surface area contributed by atoms with E-state index in [9.17, 15) is 0 Å². The van der Waals surface area contributed by atoms with Crippen molar-refractivity contribution in [3.05, 3.63) is 34.8 Å². The summed E-state index contributed by atoms with van der Waals surface area (Å²) in [6.07, 6.45) is 0.564. The molecule has 6 nitrogen and oxygen atoms in total. The molecule has 0 aliphatic rings. The molecule has 0 saturated carbocycles. The maximum Gasteiger partial charge on any atom is 0.226 e. The minimum absolute atomic E-state index is 0.421. The van der Waals surface area contributed by atoms with Gasteiger partial charge in [0.1, 0.15) is 7.85 Å². The van der Waals surface area contributed by atoms with Crippen molar-refractivity contribution in [1.82, 2.24) is 20.3 Å². The molecule has 0 fully saturated rings. The van der Waals surface area contributed by atoms with Crippen LogP contribution in [-0.4, -0.2) is 28.1 Å². The van der Waals surface area contributed by atoms with Gasteiger partial charge in [0.15, 0.2) is 5.52 Å². The van der Waals surface area contributed by atoms with E-state index in [1.807, 2.05) is 26.0 Å². The fourth-order valence-corrected chi connectivity index (χ4v) is 2.12. The van der Waals surface area contributed by atoms with Gasteiger partial charge in [0.2, 0.25) is 5.65 Å². The first kappa shape index (κ1) is 12.6. The van der Waals surface area contributed by atoms with Crippen LogP contribution in [0.4, 0.5) is 5.69 Å². The fourth-order valence-electron chi connectivity index (χ4n) is 2.12. The van der Waals surface area contributed by atoms with Gasteiger partial charge >= 0.3 is 0 Å². The first-order chi connectivity index (χ1) is 9.56. The van der Waals surface area contributed by atoms with Crippen LogP contribution in [-0.2, 0) is 6.42 Å². The highest BCUT2D eigenvalue weighted by Gasteiger charge is 2.15. The number of nitrogen functional groups attached to an aromatic ring is 1. The van der Waals surface area contributed by atoms with Crippen LogP contribution in [0, 0.1) is 13.8 Å². The number of hydrogen-bond donors (Lipinski definition) is 1. The van der Waals surface area contributed by atoms with Gasteiger partial charge in [-0.2, -0.15) is 0 Å². The van der Waals surface area contributed by atoms with Gasteiger partial charge in [0, 0.05) is 29.1 Å². The summed E-state index contributed by atoms with van der Waals surface area (Å²) in [5, 5.41) is 7.48. The first-order valence-corrected chi connectivity index (χ1v) is 6.15. The summed E-state index contributed by atoms with van der Waals surface area (Å²) in [6, 6.07) is 3.72. The molecule has 0 spiro atoms. The van der Waals surface area contributed by atoms with Crippen LogP contribution in [0.15, 0.2) is 16.8 Å². The Hall–Kier alpha value is -2.44. The first-order valence-electron chi connectivity index (χ1n) is 6.15. The molecule has 2 radical (unpaired) electrons. The Morgan fingerprint density at radius 1 is 1.15 bits per heavy atom. The van der Waals surface area contributed by atoms with Crippen LogP contribution in [0.3, 0.4) is 0 Å². The summed E-state index contributed by atoms with van der Waals surface area (Å²) in [7, 11) is 5.77. The number of fused-ring (bicyclic) bond motifs is 1. The predicted octanol–water partition coefficient (Wildman–Crippen LogP) is 0.596. The van der Waals surface area contributed by atoms with Gasteiger partial charge in [0.25, 0.3) is 0 Å². The lowest BCUT2D eigenvalue weighted by Crippen LogP contribution is -2.11. The molecule has 0 bridgehead atoms. The maximum absolute atomic E-state index is 6.13. The summed E-state index contributed by atoms with van der Waals surface area (Å²) in [4.78, 5) is 8.78. The average molecular weight is 265 g/mol. The van der Waals surface area contributed by atoms with Crippen molar-refractivity contribution in [1.29, 1.82) is 0 Å². The van der Waals surface area contributed by atoms with Gasteiger partial charge in [0.05, 0.1) is 5.69 Å². The number of aromatic nitrogens is 4. The summed E-state index contributed by atoms with van der Waals surface area (Å²) < 4.78 is 4.67. The van der Waals surface area contributed by atoms with Gasteiger partial charge in [-0.1, -0.05) is 11.5 Å². The number of hydrogen-bond acceptors (Lipinski definition) is 6. The summed E-state index contributed by atoms with van der Waals surface area (Å²) in [6.45, 7) is 3.75. The van der Waals surface area contributed by atoms with Crippen molar-refractivity contribution in [2.24, 2.45) is 0 Å². The van der Waals surface area contributed by atoms with E-state index in [0.717, 1.165) is 22.6 Å². The minimum Gasteiger partial charge on any atom is -0.396 e. The number of anilines is 1. The fraction of sp³-hybridized carbons (Fsp3) is 0.231. The Kier molecular flexibility index (Phi) is 2.89. The van der Waals surface area contributed by atoms with Gasteiger partial charge in [-0.15, -0.1) is 0 Å². The second-order valence-electron chi connectivity index (χ2n) is 4.68. The Balaban J connectivity index is 2.07. The highest BCUT2D eigenvalue weighted by molar-refractivity contribution is 6.33. The molecule has 2 N–H and O–H groups in total. The van der Waals surface area contributed by atoms with Crippen molar-refractivity contribution in [2.45, 2.75) is 20.3 Å². The molecule has 3 aromatic rings. The third-order valence-corrected chi connectivity index (χ3v) is 3.30. The van der Waals surface area contributed by atoms with Gasteiger partial charge in [-0.25, -0.2) is 9.61 Å². The molecule has 20 heavy (non-hydrogen) atoms. The second-order valence-corrected chi connectivity index (χ2v) is 4.68. The van der Waals surface area contributed by atoms with E-state index in [1.54, 1.807) is 0 Å². The van der Waals surface area contributed by atoms with E-state index >= 15 is 0 Å². The molecule has 0 unspecified atom stereocenters. The van der Waals surface area contributed by atoms with Crippen molar-refractivity contribution in [3.8, 4) is 0 Å². The molecule has 0 aliphatic heterocycles. The lowest BCUT2D eigenvalue weighted by Gasteiger charge is -2.09. The molecule has 3 rings (SSSR count). The van der Waals surface area contributed by atoms with E-state index in [4.69, 9.17) is 13.6 Å². The number of nitrogens with zero attached hydrogens (tertiary/aromatic N) is 4. The van der Waals surface area contributed by atoms with Gasteiger partial charge in [-0.3, -0.25) is 4.98 Å². The van der Waals surface area contributed by atoms with E-state index in [1.165, 1.54) is 0 Å². The second kappa shape index (κ2) is 4.59. The number of rotatable bonds is 2. The minimum atomic E-state index is 0.421. The van der Waals surface area contributed by atoms with Crippen molar-refractivity contribution in [2.75, 3.05) is 5.73 Å². The molecular weight excluding hydrogens is 253 g/mol. The molecule has 98 valence electrons. The highest BCUT2D eigenvalue weighted by Crippen LogP contribution is 2.25. The summed E-state index contributed by atoms with van der Waals surface area (Å²) >= 11 is 0. The third kappa shape index (κ3) is 2.01. The molecule has 0 saturated heterocycles. The van der Waals surface area contributed by atoms with Crippen LogP contribution >= 0.6 is 0 Å². The van der Waals surface area contributed by atoms with E-state index in [0.29, 0.717) is 28.7 Å². The zero-order valence-corrected chi connectivity index (χ0v) is 11.2. The summed E-state index contributed by atoms with van der Waals surface area (Å²) in [5.74, 6) is 0. The normalized spacial score (nSPS) is 11.1. The van der Waals surface area contributed by atoms with E-state index in [-0.39, 0.29) is 0 Å². The molecule has 3 aromatic heterocycles. The topological polar surface area (TPSA) is 90.7 Å². The highest BCUT2D eigenvalue weighted by atomic mass is 16.6. The van der Waals surface area contributed by atoms with Crippen LogP contribution in [0.25, 0.3) is 11.2 Å². The van der Waals surface area contributed by atoms with Crippen LogP contribution in [0.5, 0.6) is 0 Å². The molecule has 0 atom stereocenters. The smallest absolute Gasteiger partial charge is 0.226 e.